The minimum absolute atomic E-state index is 0.151. The highest BCUT2D eigenvalue weighted by Gasteiger charge is 2.29. The number of rotatable bonds is 18. The number of alkyl halides is 6. The number of benzene rings is 2. The molecule has 18 heteroatoms. The maximum absolute atomic E-state index is 12.6. The van der Waals surface area contributed by atoms with Crippen LogP contribution in [0.15, 0.2) is 71.2 Å². The van der Waals surface area contributed by atoms with Crippen LogP contribution in [0.25, 0.3) is 22.1 Å². The van der Waals surface area contributed by atoms with Gasteiger partial charge < -0.3 is 28.9 Å². The molecular weight excluding hydrogens is 771 g/mol. The van der Waals surface area contributed by atoms with Gasteiger partial charge in [0.2, 0.25) is 0 Å². The average molecular weight is 807 g/mol. The largest absolute Gasteiger partial charge is 0.494 e. The molecule has 0 aliphatic rings. The molecule has 0 spiro atoms. The number of thioether (sulfide) groups is 2. The van der Waals surface area contributed by atoms with Crippen molar-refractivity contribution in [1.82, 2.24) is 29.9 Å². The van der Waals surface area contributed by atoms with Crippen molar-refractivity contribution in [2.45, 2.75) is 67.3 Å². The number of aromatic amines is 2. The Kier molecular flexibility index (Phi) is 12.9. The van der Waals surface area contributed by atoms with Gasteiger partial charge in [0.15, 0.2) is 23.5 Å². The summed E-state index contributed by atoms with van der Waals surface area (Å²) in [6.07, 6.45) is -3.43. The van der Waals surface area contributed by atoms with Gasteiger partial charge >= 0.3 is 12.4 Å². The van der Waals surface area contributed by atoms with Crippen molar-refractivity contribution in [1.29, 1.82) is 0 Å². The van der Waals surface area contributed by atoms with Gasteiger partial charge in [-0.3, -0.25) is 9.97 Å². The van der Waals surface area contributed by atoms with E-state index < -0.39 is 25.6 Å². The molecule has 2 N–H and O–H groups in total. The molecule has 0 aliphatic heterocycles. The second kappa shape index (κ2) is 17.7. The summed E-state index contributed by atoms with van der Waals surface area (Å²) < 4.78 is 97.3. The summed E-state index contributed by atoms with van der Waals surface area (Å²) in [6, 6.07) is 14.1. The minimum atomic E-state index is -4.42. The molecule has 0 fully saturated rings. The van der Waals surface area contributed by atoms with Gasteiger partial charge in [0.1, 0.15) is 23.0 Å². The van der Waals surface area contributed by atoms with Crippen LogP contribution in [0.3, 0.4) is 0 Å². The number of unbranched alkanes of at least 4 members (excludes halogenated alkanes) is 2. The maximum Gasteiger partial charge on any atom is 0.422 e. The van der Waals surface area contributed by atoms with Crippen LogP contribution >= 0.6 is 23.5 Å². The smallest absolute Gasteiger partial charge is 0.422 e. The van der Waals surface area contributed by atoms with E-state index in [2.05, 4.69) is 29.9 Å². The van der Waals surface area contributed by atoms with Crippen LogP contribution in [-0.4, -0.2) is 68.7 Å². The van der Waals surface area contributed by atoms with Crippen molar-refractivity contribution in [3.63, 3.8) is 0 Å². The summed E-state index contributed by atoms with van der Waals surface area (Å²) in [5, 5.41) is 1.30. The Labute approximate surface area is 320 Å². The fraction of sp³-hybridized carbons (Fsp3) is 0.351. The molecular formula is C37H36F6N6O4S2. The summed E-state index contributed by atoms with van der Waals surface area (Å²) >= 11 is 2.78. The molecule has 0 unspecified atom stereocenters. The predicted molar refractivity (Wildman–Crippen MR) is 197 cm³/mol. The number of nitrogens with zero attached hydrogens (tertiary/aromatic N) is 4. The molecule has 0 saturated heterocycles. The van der Waals surface area contributed by atoms with Crippen LogP contribution in [0, 0.1) is 13.8 Å². The van der Waals surface area contributed by atoms with Gasteiger partial charge in [-0.25, -0.2) is 9.97 Å². The lowest BCUT2D eigenvalue weighted by Crippen LogP contribution is -2.19. The maximum atomic E-state index is 12.6. The second-order valence-electron chi connectivity index (χ2n) is 12.3. The molecule has 0 bridgehead atoms. The third-order valence-electron chi connectivity index (χ3n) is 8.18. The Morgan fingerprint density at radius 2 is 1.02 bits per heavy atom. The lowest BCUT2D eigenvalue weighted by Gasteiger charge is -2.13. The van der Waals surface area contributed by atoms with Gasteiger partial charge in [-0.2, -0.15) is 26.3 Å². The number of halogens is 6. The Balaban J connectivity index is 0.901. The molecule has 4 heterocycles. The first-order valence-electron chi connectivity index (χ1n) is 17.1. The summed E-state index contributed by atoms with van der Waals surface area (Å²) in [5.41, 5.74) is 5.45. The molecule has 6 rings (SSSR count). The quantitative estimate of drug-likeness (QED) is 0.0494. The van der Waals surface area contributed by atoms with Gasteiger partial charge in [-0.05, 0) is 69.5 Å². The number of fused-ring (bicyclic) bond motifs is 2. The normalized spacial score (nSPS) is 12.1. The van der Waals surface area contributed by atoms with E-state index in [0.717, 1.165) is 41.3 Å². The van der Waals surface area contributed by atoms with E-state index in [1.807, 2.05) is 36.4 Å². The fourth-order valence-electron chi connectivity index (χ4n) is 5.32. The highest BCUT2D eigenvalue weighted by molar-refractivity contribution is 7.98. The lowest BCUT2D eigenvalue weighted by molar-refractivity contribution is -0.154. The van der Waals surface area contributed by atoms with E-state index in [1.165, 1.54) is 48.1 Å². The topological polar surface area (TPSA) is 120 Å². The van der Waals surface area contributed by atoms with Crippen LogP contribution in [0.1, 0.15) is 41.8 Å². The van der Waals surface area contributed by atoms with Gasteiger partial charge in [0, 0.05) is 47.2 Å². The summed E-state index contributed by atoms with van der Waals surface area (Å²) in [5.74, 6) is 2.50. The fourth-order valence-corrected chi connectivity index (χ4v) is 7.14. The lowest BCUT2D eigenvalue weighted by atomic mass is 10.2. The first-order chi connectivity index (χ1) is 26.3. The molecule has 0 aliphatic carbocycles. The van der Waals surface area contributed by atoms with Crippen molar-refractivity contribution in [3.8, 4) is 23.0 Å². The predicted octanol–water partition coefficient (Wildman–Crippen LogP) is 9.94. The number of hydrogen-bond acceptors (Lipinski definition) is 10. The zero-order valence-corrected chi connectivity index (χ0v) is 31.3. The number of aromatic nitrogens is 6. The van der Waals surface area contributed by atoms with Crippen molar-refractivity contribution < 1.29 is 45.3 Å². The first-order valence-corrected chi connectivity index (χ1v) is 19.1. The summed E-state index contributed by atoms with van der Waals surface area (Å²) in [7, 11) is 0. The van der Waals surface area contributed by atoms with Crippen molar-refractivity contribution >= 4 is 45.6 Å². The number of ether oxygens (including phenoxy) is 4. The summed E-state index contributed by atoms with van der Waals surface area (Å²) in [4.78, 5) is 24.3. The molecule has 0 amide bonds. The van der Waals surface area contributed by atoms with Crippen LogP contribution in [0.4, 0.5) is 26.3 Å². The Morgan fingerprint density at radius 3 is 1.44 bits per heavy atom. The van der Waals surface area contributed by atoms with Gasteiger partial charge in [-0.1, -0.05) is 23.5 Å². The molecule has 292 valence electrons. The number of imidazole rings is 2. The van der Waals surface area contributed by atoms with Crippen LogP contribution in [-0.2, 0) is 11.5 Å². The van der Waals surface area contributed by atoms with E-state index in [-0.39, 0.29) is 11.5 Å². The average Bonchev–Trinajstić information content (AvgIpc) is 3.74. The third-order valence-corrected chi connectivity index (χ3v) is 9.95. The van der Waals surface area contributed by atoms with Gasteiger partial charge in [0.25, 0.3) is 0 Å². The molecule has 55 heavy (non-hydrogen) atoms. The zero-order chi connectivity index (χ0) is 39.0. The van der Waals surface area contributed by atoms with Crippen LogP contribution in [0.5, 0.6) is 23.0 Å². The highest BCUT2D eigenvalue weighted by atomic mass is 32.2. The van der Waals surface area contributed by atoms with Crippen molar-refractivity contribution in [2.75, 3.05) is 26.4 Å². The first kappa shape index (κ1) is 39.8. The second-order valence-corrected chi connectivity index (χ2v) is 14.3. The Hall–Kier alpha value is -4.84. The minimum Gasteiger partial charge on any atom is -0.494 e. The van der Waals surface area contributed by atoms with Crippen molar-refractivity contribution in [3.05, 3.63) is 83.4 Å². The molecule has 0 radical (unpaired) electrons. The monoisotopic (exact) mass is 806 g/mol. The van der Waals surface area contributed by atoms with E-state index in [4.69, 9.17) is 18.9 Å². The standard InChI is InChI=1S/C37H36F6N6O4S2/c1-22-30(44-12-10-32(22)52-20-36(38,39)40)18-54-34-46-26-8-6-24(16-28(26)48-34)50-14-4-3-5-15-51-25-7-9-27-29(17-25)49-35(47-27)55-19-31-23(2)33(11-13-45-31)53-21-37(41,42)43/h6-13,16-17H,3-5,14-15,18-21H2,1-2H3,(H,46,48)(H,47,49). The van der Waals surface area contributed by atoms with Crippen LogP contribution < -0.4 is 18.9 Å². The van der Waals surface area contributed by atoms with E-state index >= 15 is 0 Å². The Morgan fingerprint density at radius 1 is 0.582 bits per heavy atom. The number of H-pyrrole nitrogens is 2. The number of nitrogens with one attached hydrogen (secondary N) is 2. The van der Waals surface area contributed by atoms with Gasteiger partial charge in [0.05, 0.1) is 46.7 Å². The number of pyridine rings is 2. The molecule has 4 aromatic heterocycles. The number of hydrogen-bond donors (Lipinski definition) is 2. The van der Waals surface area contributed by atoms with Crippen LogP contribution in [0.2, 0.25) is 0 Å². The van der Waals surface area contributed by atoms with Crippen molar-refractivity contribution in [2.24, 2.45) is 0 Å². The molecule has 0 atom stereocenters. The molecule has 2 aromatic carbocycles. The summed E-state index contributed by atoms with van der Waals surface area (Å²) in [6.45, 7) is 1.70. The molecule has 6 aromatic rings. The van der Waals surface area contributed by atoms with E-state index in [9.17, 15) is 26.3 Å². The highest BCUT2D eigenvalue weighted by Crippen LogP contribution is 2.31. The SMILES string of the molecule is Cc1c(OCC(F)(F)F)ccnc1CSc1nc2ccc(OCCCCCOc3ccc4nc(SCc5nccc(OCC(F)(F)F)c5C)[nH]c4c3)cc2[nH]1. The third kappa shape index (κ3) is 11.6. The van der Waals surface area contributed by atoms with E-state index in [1.54, 1.807) is 13.8 Å². The molecule has 0 saturated carbocycles. The Bertz CT molecular complexity index is 2060. The van der Waals surface area contributed by atoms with E-state index in [0.29, 0.717) is 69.0 Å². The molecule has 10 nitrogen and oxygen atoms in total. The van der Waals surface area contributed by atoms with Gasteiger partial charge in [-0.15, -0.1) is 0 Å². The zero-order valence-electron chi connectivity index (χ0n) is 29.6.